The molecule has 0 amide bonds. The van der Waals surface area contributed by atoms with E-state index >= 15 is 0 Å². The zero-order chi connectivity index (χ0) is 13.6. The fourth-order valence-corrected chi connectivity index (χ4v) is 2.46. The van der Waals surface area contributed by atoms with Crippen LogP contribution < -0.4 is 0 Å². The Morgan fingerprint density at radius 3 is 2.21 bits per heavy atom. The first-order valence-corrected chi connectivity index (χ1v) is 8.71. The summed E-state index contributed by atoms with van der Waals surface area (Å²) in [4.78, 5) is 0. The van der Waals surface area contributed by atoms with Crippen LogP contribution in [0.5, 0.6) is 0 Å². The van der Waals surface area contributed by atoms with Crippen LogP contribution in [0.4, 0.5) is 0 Å². The highest BCUT2D eigenvalue weighted by Crippen LogP contribution is 2.08. The minimum absolute atomic E-state index is 0.930. The van der Waals surface area contributed by atoms with Gasteiger partial charge in [-0.3, -0.25) is 0 Å². The number of ether oxygens (including phenoxy) is 1. The van der Waals surface area contributed by atoms with Gasteiger partial charge in [-0.25, -0.2) is 0 Å². The Hall–Kier alpha value is -0.280. The first-order valence-electron chi connectivity index (χ1n) is 7.59. The molecule has 1 aromatic heterocycles. The topological polar surface area (TPSA) is 22.4 Å². The van der Waals surface area contributed by atoms with Gasteiger partial charge in [-0.2, -0.15) is 0 Å². The standard InChI is InChI=1S/C16H27BrO2/c17-12-6-2-4-8-14-18-13-7-3-1-5-10-16-11-9-15-19-16/h9,11,15H,1-8,10,12-14H2. The Morgan fingerprint density at radius 1 is 0.895 bits per heavy atom. The van der Waals surface area contributed by atoms with Crippen molar-refractivity contribution in [1.82, 2.24) is 0 Å². The van der Waals surface area contributed by atoms with Gasteiger partial charge in [0.1, 0.15) is 5.76 Å². The largest absolute Gasteiger partial charge is 0.469 e. The van der Waals surface area contributed by atoms with Gasteiger partial charge in [-0.1, -0.05) is 41.6 Å². The summed E-state index contributed by atoms with van der Waals surface area (Å²) in [6, 6.07) is 4.01. The van der Waals surface area contributed by atoms with Crippen molar-refractivity contribution in [2.24, 2.45) is 0 Å². The molecule has 0 aliphatic rings. The van der Waals surface area contributed by atoms with Crippen molar-refractivity contribution in [3.8, 4) is 0 Å². The third-order valence-corrected chi connectivity index (χ3v) is 3.77. The fraction of sp³-hybridized carbons (Fsp3) is 0.750. The van der Waals surface area contributed by atoms with E-state index in [0.717, 1.165) is 30.7 Å². The molecule has 0 aliphatic heterocycles. The predicted octanol–water partition coefficient (Wildman–Crippen LogP) is 5.35. The lowest BCUT2D eigenvalue weighted by Gasteiger charge is -2.04. The maximum Gasteiger partial charge on any atom is 0.103 e. The number of aryl methyl sites for hydroxylation is 1. The number of hydrogen-bond acceptors (Lipinski definition) is 2. The van der Waals surface area contributed by atoms with Crippen molar-refractivity contribution in [2.45, 2.75) is 57.8 Å². The molecule has 0 spiro atoms. The third kappa shape index (κ3) is 10.2. The fourth-order valence-electron chi connectivity index (χ4n) is 2.07. The zero-order valence-electron chi connectivity index (χ0n) is 11.9. The normalized spacial score (nSPS) is 11.0. The number of furan rings is 1. The van der Waals surface area contributed by atoms with Gasteiger partial charge in [0.2, 0.25) is 0 Å². The minimum atomic E-state index is 0.930. The molecule has 0 fully saturated rings. The number of alkyl halides is 1. The van der Waals surface area contributed by atoms with Gasteiger partial charge in [-0.15, -0.1) is 0 Å². The molecular formula is C16H27BrO2. The van der Waals surface area contributed by atoms with Gasteiger partial charge in [0, 0.05) is 25.0 Å². The van der Waals surface area contributed by atoms with Crippen molar-refractivity contribution >= 4 is 15.9 Å². The molecule has 2 nitrogen and oxygen atoms in total. The average molecular weight is 331 g/mol. The van der Waals surface area contributed by atoms with Gasteiger partial charge in [0.15, 0.2) is 0 Å². The van der Waals surface area contributed by atoms with Crippen molar-refractivity contribution in [1.29, 1.82) is 0 Å². The molecule has 0 N–H and O–H groups in total. The summed E-state index contributed by atoms with van der Waals surface area (Å²) in [5.41, 5.74) is 0. The highest BCUT2D eigenvalue weighted by Gasteiger charge is 1.96. The maximum absolute atomic E-state index is 5.64. The lowest BCUT2D eigenvalue weighted by Crippen LogP contribution is -1.97. The molecule has 0 radical (unpaired) electrons. The number of hydrogen-bond donors (Lipinski definition) is 0. The van der Waals surface area contributed by atoms with Gasteiger partial charge < -0.3 is 9.15 Å². The third-order valence-electron chi connectivity index (χ3n) is 3.21. The first kappa shape index (κ1) is 16.8. The first-order chi connectivity index (χ1) is 9.43. The Labute approximate surface area is 126 Å². The van der Waals surface area contributed by atoms with Crippen molar-refractivity contribution < 1.29 is 9.15 Å². The van der Waals surface area contributed by atoms with Crippen LogP contribution in [-0.2, 0) is 11.2 Å². The molecule has 0 saturated carbocycles. The Bertz CT molecular complexity index is 272. The van der Waals surface area contributed by atoms with Crippen molar-refractivity contribution in [3.63, 3.8) is 0 Å². The number of unbranched alkanes of at least 4 members (excludes halogenated alkanes) is 6. The monoisotopic (exact) mass is 330 g/mol. The van der Waals surface area contributed by atoms with Crippen LogP contribution in [0.3, 0.4) is 0 Å². The highest BCUT2D eigenvalue weighted by molar-refractivity contribution is 9.09. The Kier molecular flexibility index (Phi) is 11.2. The summed E-state index contributed by atoms with van der Waals surface area (Å²) < 4.78 is 10.9. The second-order valence-corrected chi connectivity index (χ2v) is 5.75. The van der Waals surface area contributed by atoms with Crippen LogP contribution in [0.2, 0.25) is 0 Å². The molecule has 0 saturated heterocycles. The SMILES string of the molecule is BrCCCCCCOCCCCCCc1ccco1. The molecule has 0 aromatic carbocycles. The average Bonchev–Trinajstić information content (AvgIpc) is 2.93. The molecule has 0 unspecified atom stereocenters. The van der Waals surface area contributed by atoms with E-state index in [4.69, 9.17) is 9.15 Å². The summed E-state index contributed by atoms with van der Waals surface area (Å²) in [5, 5.41) is 1.13. The highest BCUT2D eigenvalue weighted by atomic mass is 79.9. The van der Waals surface area contributed by atoms with E-state index in [2.05, 4.69) is 22.0 Å². The molecule has 0 bridgehead atoms. The maximum atomic E-state index is 5.64. The molecule has 19 heavy (non-hydrogen) atoms. The van der Waals surface area contributed by atoms with Crippen molar-refractivity contribution in [2.75, 3.05) is 18.5 Å². The number of rotatable bonds is 13. The van der Waals surface area contributed by atoms with Crippen LogP contribution >= 0.6 is 15.9 Å². The molecule has 1 aromatic rings. The van der Waals surface area contributed by atoms with Gasteiger partial charge >= 0.3 is 0 Å². The van der Waals surface area contributed by atoms with Crippen LogP contribution in [0.15, 0.2) is 22.8 Å². The van der Waals surface area contributed by atoms with E-state index in [-0.39, 0.29) is 0 Å². The number of halogens is 1. The van der Waals surface area contributed by atoms with E-state index in [0.29, 0.717) is 0 Å². The smallest absolute Gasteiger partial charge is 0.103 e. The van der Waals surface area contributed by atoms with Crippen LogP contribution in [0.25, 0.3) is 0 Å². The lowest BCUT2D eigenvalue weighted by atomic mass is 10.1. The Morgan fingerprint density at radius 2 is 1.58 bits per heavy atom. The molecular weight excluding hydrogens is 304 g/mol. The van der Waals surface area contributed by atoms with Crippen LogP contribution in [0, 0.1) is 0 Å². The molecule has 1 heterocycles. The van der Waals surface area contributed by atoms with Gasteiger partial charge in [-0.05, 0) is 37.8 Å². The quantitative estimate of drug-likeness (QED) is 0.359. The van der Waals surface area contributed by atoms with Crippen LogP contribution in [-0.4, -0.2) is 18.5 Å². The van der Waals surface area contributed by atoms with E-state index < -0.39 is 0 Å². The summed E-state index contributed by atoms with van der Waals surface area (Å²) in [7, 11) is 0. The predicted molar refractivity (Wildman–Crippen MR) is 84.0 cm³/mol. The van der Waals surface area contributed by atoms with E-state index in [1.54, 1.807) is 6.26 Å². The second kappa shape index (κ2) is 12.7. The molecule has 1 rings (SSSR count). The van der Waals surface area contributed by atoms with E-state index in [1.807, 2.05) is 6.07 Å². The van der Waals surface area contributed by atoms with Gasteiger partial charge in [0.25, 0.3) is 0 Å². The van der Waals surface area contributed by atoms with Crippen molar-refractivity contribution in [3.05, 3.63) is 24.2 Å². The molecule has 0 aliphatic carbocycles. The van der Waals surface area contributed by atoms with Gasteiger partial charge in [0.05, 0.1) is 6.26 Å². The van der Waals surface area contributed by atoms with E-state index in [1.165, 1.54) is 51.4 Å². The molecule has 3 heteroatoms. The minimum Gasteiger partial charge on any atom is -0.469 e. The Balaban J connectivity index is 1.72. The van der Waals surface area contributed by atoms with E-state index in [9.17, 15) is 0 Å². The van der Waals surface area contributed by atoms with Crippen LogP contribution in [0.1, 0.15) is 57.1 Å². The molecule has 110 valence electrons. The zero-order valence-corrected chi connectivity index (χ0v) is 13.5. The summed E-state index contributed by atoms with van der Waals surface area (Å²) in [5.74, 6) is 1.11. The lowest BCUT2D eigenvalue weighted by molar-refractivity contribution is 0.126. The summed E-state index contributed by atoms with van der Waals surface area (Å²) in [6.07, 6.45) is 12.9. The summed E-state index contributed by atoms with van der Waals surface area (Å²) in [6.45, 7) is 1.87. The molecule has 0 atom stereocenters. The second-order valence-electron chi connectivity index (χ2n) is 4.96. The summed E-state index contributed by atoms with van der Waals surface area (Å²) >= 11 is 3.45.